The maximum absolute atomic E-state index is 13.5. The standard InChI is InChI=1S/C13H27FS.C2H6/c1-4-7-9-13(11-15,8-5-2)10-12(14)6-3;1-2/h12,15H,4-11H2,1-3H3;1-2H3. The molecule has 0 fully saturated rings. The highest BCUT2D eigenvalue weighted by molar-refractivity contribution is 7.80. The lowest BCUT2D eigenvalue weighted by molar-refractivity contribution is 0.164. The molecular formula is C15H33FS. The molecule has 0 N–H and O–H groups in total. The molecule has 0 nitrogen and oxygen atoms in total. The normalized spacial score (nSPS) is 15.7. The van der Waals surface area contributed by atoms with Gasteiger partial charge in [0.15, 0.2) is 0 Å². The van der Waals surface area contributed by atoms with Crippen LogP contribution in [0, 0.1) is 5.41 Å². The van der Waals surface area contributed by atoms with Crippen LogP contribution in [-0.4, -0.2) is 11.9 Å². The van der Waals surface area contributed by atoms with E-state index in [1.807, 2.05) is 20.8 Å². The minimum atomic E-state index is -0.638. The fraction of sp³-hybridized carbons (Fsp3) is 1.00. The number of unbranched alkanes of at least 4 members (excludes halogenated alkanes) is 1. The molecule has 0 heterocycles. The van der Waals surface area contributed by atoms with E-state index in [4.69, 9.17) is 0 Å². The van der Waals surface area contributed by atoms with Crippen molar-refractivity contribution in [1.82, 2.24) is 0 Å². The summed E-state index contributed by atoms with van der Waals surface area (Å²) in [7, 11) is 0. The van der Waals surface area contributed by atoms with E-state index in [1.54, 1.807) is 0 Å². The molecule has 0 saturated heterocycles. The number of alkyl halides is 1. The van der Waals surface area contributed by atoms with Crippen LogP contribution in [0.3, 0.4) is 0 Å². The number of hydrogen-bond donors (Lipinski definition) is 1. The van der Waals surface area contributed by atoms with Gasteiger partial charge < -0.3 is 0 Å². The van der Waals surface area contributed by atoms with Crippen molar-refractivity contribution in [2.24, 2.45) is 5.41 Å². The first-order valence-corrected chi connectivity index (χ1v) is 8.02. The molecule has 0 aromatic carbocycles. The summed E-state index contributed by atoms with van der Waals surface area (Å²) in [6, 6.07) is 0. The van der Waals surface area contributed by atoms with Crippen molar-refractivity contribution in [2.45, 2.75) is 85.7 Å². The SMILES string of the molecule is CC.CCCCC(CS)(CCC)CC(F)CC. The molecule has 17 heavy (non-hydrogen) atoms. The van der Waals surface area contributed by atoms with Gasteiger partial charge in [-0.1, -0.05) is 53.9 Å². The number of halogens is 1. The smallest absolute Gasteiger partial charge is 0.100 e. The lowest BCUT2D eigenvalue weighted by Gasteiger charge is -2.33. The average Bonchev–Trinajstić information content (AvgIpc) is 2.38. The molecule has 0 bridgehead atoms. The minimum Gasteiger partial charge on any atom is -0.247 e. The Bertz CT molecular complexity index is 150. The first-order chi connectivity index (χ1) is 8.14. The van der Waals surface area contributed by atoms with Crippen molar-refractivity contribution in [3.63, 3.8) is 0 Å². The van der Waals surface area contributed by atoms with Crippen LogP contribution in [-0.2, 0) is 0 Å². The van der Waals surface area contributed by atoms with Crippen LogP contribution >= 0.6 is 12.6 Å². The van der Waals surface area contributed by atoms with E-state index in [9.17, 15) is 4.39 Å². The van der Waals surface area contributed by atoms with Crippen LogP contribution in [0.1, 0.15) is 79.6 Å². The Morgan fingerprint density at radius 3 is 2.00 bits per heavy atom. The molecule has 106 valence electrons. The Labute approximate surface area is 114 Å². The van der Waals surface area contributed by atoms with Gasteiger partial charge in [0.2, 0.25) is 0 Å². The van der Waals surface area contributed by atoms with Crippen molar-refractivity contribution >= 4 is 12.6 Å². The summed E-state index contributed by atoms with van der Waals surface area (Å²) in [5.74, 6) is 0.835. The third kappa shape index (κ3) is 8.93. The van der Waals surface area contributed by atoms with Crippen molar-refractivity contribution < 1.29 is 4.39 Å². The van der Waals surface area contributed by atoms with Gasteiger partial charge >= 0.3 is 0 Å². The van der Waals surface area contributed by atoms with Crippen LogP contribution < -0.4 is 0 Å². The Morgan fingerprint density at radius 2 is 1.65 bits per heavy atom. The second-order valence-electron chi connectivity index (χ2n) is 4.72. The summed E-state index contributed by atoms with van der Waals surface area (Å²) in [4.78, 5) is 0. The monoisotopic (exact) mass is 264 g/mol. The van der Waals surface area contributed by atoms with Gasteiger partial charge in [-0.15, -0.1) is 0 Å². The molecule has 0 saturated carbocycles. The fourth-order valence-corrected chi connectivity index (χ4v) is 2.69. The zero-order chi connectivity index (χ0) is 13.7. The van der Waals surface area contributed by atoms with E-state index in [0.717, 1.165) is 25.0 Å². The summed E-state index contributed by atoms with van der Waals surface area (Å²) in [5.41, 5.74) is 0.156. The van der Waals surface area contributed by atoms with Gasteiger partial charge in [0.05, 0.1) is 0 Å². The minimum absolute atomic E-state index is 0.156. The third-order valence-corrected chi connectivity index (χ3v) is 3.94. The molecule has 0 aliphatic heterocycles. The second-order valence-corrected chi connectivity index (χ2v) is 5.04. The molecule has 2 unspecified atom stereocenters. The predicted octanol–water partition coefficient (Wildman–Crippen LogP) is 6.06. The van der Waals surface area contributed by atoms with Crippen LogP contribution in [0.15, 0.2) is 0 Å². The van der Waals surface area contributed by atoms with E-state index < -0.39 is 6.17 Å². The molecule has 0 spiro atoms. The first-order valence-electron chi connectivity index (χ1n) is 7.39. The highest BCUT2D eigenvalue weighted by atomic mass is 32.1. The Balaban J connectivity index is 0. The Morgan fingerprint density at radius 1 is 1.06 bits per heavy atom. The predicted molar refractivity (Wildman–Crippen MR) is 81.9 cm³/mol. The molecule has 0 aliphatic rings. The lowest BCUT2D eigenvalue weighted by Crippen LogP contribution is -2.27. The molecule has 0 aliphatic carbocycles. The second kappa shape index (κ2) is 12.7. The number of rotatable bonds is 9. The molecule has 2 heteroatoms. The van der Waals surface area contributed by atoms with Crippen molar-refractivity contribution in [1.29, 1.82) is 0 Å². The van der Waals surface area contributed by atoms with Gasteiger partial charge in [0, 0.05) is 0 Å². The van der Waals surface area contributed by atoms with E-state index in [1.165, 1.54) is 12.8 Å². The maximum Gasteiger partial charge on any atom is 0.100 e. The highest BCUT2D eigenvalue weighted by Crippen LogP contribution is 2.37. The molecule has 0 aromatic heterocycles. The summed E-state index contributed by atoms with van der Waals surface area (Å²) < 4.78 is 13.5. The van der Waals surface area contributed by atoms with Crippen molar-refractivity contribution in [3.8, 4) is 0 Å². The molecule has 0 amide bonds. The van der Waals surface area contributed by atoms with Crippen LogP contribution in [0.2, 0.25) is 0 Å². The molecule has 0 aromatic rings. The van der Waals surface area contributed by atoms with Crippen LogP contribution in [0.25, 0.3) is 0 Å². The van der Waals surface area contributed by atoms with Gasteiger partial charge in [-0.25, -0.2) is 4.39 Å². The van der Waals surface area contributed by atoms with Gasteiger partial charge in [-0.05, 0) is 36.9 Å². The van der Waals surface area contributed by atoms with Crippen LogP contribution in [0.5, 0.6) is 0 Å². The zero-order valence-corrected chi connectivity index (χ0v) is 13.5. The van der Waals surface area contributed by atoms with E-state index in [2.05, 4.69) is 26.5 Å². The van der Waals surface area contributed by atoms with Gasteiger partial charge in [-0.2, -0.15) is 12.6 Å². The van der Waals surface area contributed by atoms with Crippen molar-refractivity contribution in [3.05, 3.63) is 0 Å². The zero-order valence-electron chi connectivity index (χ0n) is 12.6. The molecule has 0 rings (SSSR count). The first kappa shape index (κ1) is 19.6. The van der Waals surface area contributed by atoms with E-state index >= 15 is 0 Å². The summed E-state index contributed by atoms with van der Waals surface area (Å²) in [6.45, 7) is 10.3. The number of hydrogen-bond acceptors (Lipinski definition) is 1. The van der Waals surface area contributed by atoms with Gasteiger partial charge in [0.1, 0.15) is 6.17 Å². The van der Waals surface area contributed by atoms with E-state index in [-0.39, 0.29) is 5.41 Å². The molecule has 2 atom stereocenters. The van der Waals surface area contributed by atoms with Crippen molar-refractivity contribution in [2.75, 3.05) is 5.75 Å². The Kier molecular flexibility index (Phi) is 14.7. The van der Waals surface area contributed by atoms with Crippen LogP contribution in [0.4, 0.5) is 4.39 Å². The largest absolute Gasteiger partial charge is 0.247 e. The Hall–Kier alpha value is 0.280. The van der Waals surface area contributed by atoms with E-state index in [0.29, 0.717) is 12.8 Å². The topological polar surface area (TPSA) is 0 Å². The maximum atomic E-state index is 13.5. The summed E-state index contributed by atoms with van der Waals surface area (Å²) in [6.07, 6.45) is 6.52. The fourth-order valence-electron chi connectivity index (χ4n) is 2.25. The third-order valence-electron chi connectivity index (χ3n) is 3.27. The molecule has 0 radical (unpaired) electrons. The number of thiol groups is 1. The van der Waals surface area contributed by atoms with Gasteiger partial charge in [0.25, 0.3) is 0 Å². The summed E-state index contributed by atoms with van der Waals surface area (Å²) in [5, 5.41) is 0. The molecular weight excluding hydrogens is 231 g/mol. The lowest BCUT2D eigenvalue weighted by atomic mass is 9.76. The highest BCUT2D eigenvalue weighted by Gasteiger charge is 2.29. The quantitative estimate of drug-likeness (QED) is 0.481. The summed E-state index contributed by atoms with van der Waals surface area (Å²) >= 11 is 4.45. The van der Waals surface area contributed by atoms with Gasteiger partial charge in [-0.3, -0.25) is 0 Å². The average molecular weight is 264 g/mol.